The van der Waals surface area contributed by atoms with Gasteiger partial charge in [0, 0.05) is 18.6 Å². The second-order valence-corrected chi connectivity index (χ2v) is 6.35. The Morgan fingerprint density at radius 2 is 1.83 bits per heavy atom. The van der Waals surface area contributed by atoms with Crippen molar-refractivity contribution in [2.24, 2.45) is 5.92 Å². The van der Waals surface area contributed by atoms with Crippen molar-refractivity contribution in [2.45, 2.75) is 51.1 Å². The molecule has 106 valence electrons. The van der Waals surface area contributed by atoms with E-state index < -0.39 is 0 Å². The van der Waals surface area contributed by atoms with Gasteiger partial charge in [-0.15, -0.1) is 0 Å². The van der Waals surface area contributed by atoms with Crippen LogP contribution in [0.15, 0.2) is 0 Å². The van der Waals surface area contributed by atoms with Gasteiger partial charge in [-0.25, -0.2) is 0 Å². The summed E-state index contributed by atoms with van der Waals surface area (Å²) in [5, 5.41) is 3.68. The minimum Gasteiger partial charge on any atom is -0.314 e. The van der Waals surface area contributed by atoms with Crippen LogP contribution in [0.2, 0.25) is 0 Å². The molecule has 1 saturated heterocycles. The molecule has 0 aromatic carbocycles. The lowest BCUT2D eigenvalue weighted by molar-refractivity contribution is 0.125. The van der Waals surface area contributed by atoms with Gasteiger partial charge in [0.2, 0.25) is 0 Å². The molecule has 0 radical (unpaired) electrons. The first kappa shape index (κ1) is 14.3. The van der Waals surface area contributed by atoms with E-state index in [-0.39, 0.29) is 0 Å². The van der Waals surface area contributed by atoms with Crippen LogP contribution in [0.5, 0.6) is 0 Å². The van der Waals surface area contributed by atoms with Crippen LogP contribution in [0, 0.1) is 5.92 Å². The number of nitrogens with zero attached hydrogens (tertiary/aromatic N) is 2. The lowest BCUT2D eigenvalue weighted by atomic mass is 9.99. The molecule has 1 N–H and O–H groups in total. The van der Waals surface area contributed by atoms with Crippen LogP contribution in [-0.2, 0) is 0 Å². The average molecular weight is 253 g/mol. The highest BCUT2D eigenvalue weighted by Gasteiger charge is 2.29. The Hall–Kier alpha value is -0.120. The third-order valence-electron chi connectivity index (χ3n) is 4.91. The van der Waals surface area contributed by atoms with Crippen molar-refractivity contribution in [3.8, 4) is 0 Å². The first-order chi connectivity index (χ1) is 8.70. The molecule has 0 spiro atoms. The monoisotopic (exact) mass is 253 g/mol. The molecule has 2 atom stereocenters. The highest BCUT2D eigenvalue weighted by atomic mass is 15.2. The fraction of sp³-hybridized carbons (Fsp3) is 1.00. The Bertz CT molecular complexity index is 234. The Morgan fingerprint density at radius 3 is 2.44 bits per heavy atom. The maximum absolute atomic E-state index is 3.68. The average Bonchev–Trinajstić information content (AvgIpc) is 2.78. The number of hydrogen-bond acceptors (Lipinski definition) is 3. The SMILES string of the molecule is CCNC1CCCC1CN1CCC(N(C)C)CC1. The van der Waals surface area contributed by atoms with Gasteiger partial charge in [0.15, 0.2) is 0 Å². The minimum absolute atomic E-state index is 0.793. The van der Waals surface area contributed by atoms with Gasteiger partial charge in [-0.2, -0.15) is 0 Å². The lowest BCUT2D eigenvalue weighted by Gasteiger charge is -2.37. The maximum Gasteiger partial charge on any atom is 0.0113 e. The zero-order chi connectivity index (χ0) is 13.0. The van der Waals surface area contributed by atoms with Gasteiger partial charge in [-0.1, -0.05) is 13.3 Å². The molecule has 0 amide bonds. The van der Waals surface area contributed by atoms with Crippen LogP contribution in [0.4, 0.5) is 0 Å². The molecule has 2 rings (SSSR count). The van der Waals surface area contributed by atoms with E-state index in [1.54, 1.807) is 0 Å². The summed E-state index contributed by atoms with van der Waals surface area (Å²) < 4.78 is 0. The van der Waals surface area contributed by atoms with E-state index in [9.17, 15) is 0 Å². The van der Waals surface area contributed by atoms with Gasteiger partial charge in [0.05, 0.1) is 0 Å². The number of rotatable bonds is 5. The molecule has 2 unspecified atom stereocenters. The molecule has 0 aromatic rings. The zero-order valence-electron chi connectivity index (χ0n) is 12.5. The standard InChI is InChI=1S/C15H31N3/c1-4-16-15-7-5-6-13(15)12-18-10-8-14(9-11-18)17(2)3/h13-16H,4-12H2,1-3H3. The summed E-state index contributed by atoms with van der Waals surface area (Å²) in [6.07, 6.45) is 6.96. The first-order valence-corrected chi connectivity index (χ1v) is 7.83. The van der Waals surface area contributed by atoms with Crippen molar-refractivity contribution >= 4 is 0 Å². The van der Waals surface area contributed by atoms with Crippen LogP contribution in [-0.4, -0.2) is 62.2 Å². The summed E-state index contributed by atoms with van der Waals surface area (Å²) in [4.78, 5) is 5.11. The Morgan fingerprint density at radius 1 is 1.11 bits per heavy atom. The van der Waals surface area contributed by atoms with Crippen molar-refractivity contribution in [2.75, 3.05) is 40.3 Å². The van der Waals surface area contributed by atoms with E-state index in [1.165, 1.54) is 51.7 Å². The molecular formula is C15H31N3. The normalized spacial score (nSPS) is 31.3. The van der Waals surface area contributed by atoms with Crippen molar-refractivity contribution in [3.05, 3.63) is 0 Å². The molecule has 2 aliphatic rings. The molecule has 1 aliphatic carbocycles. The minimum atomic E-state index is 0.793. The molecule has 1 aliphatic heterocycles. The van der Waals surface area contributed by atoms with Gasteiger partial charge >= 0.3 is 0 Å². The molecule has 18 heavy (non-hydrogen) atoms. The van der Waals surface area contributed by atoms with E-state index >= 15 is 0 Å². The molecule has 1 saturated carbocycles. The topological polar surface area (TPSA) is 18.5 Å². The number of hydrogen-bond donors (Lipinski definition) is 1. The van der Waals surface area contributed by atoms with Gasteiger partial charge < -0.3 is 15.1 Å². The van der Waals surface area contributed by atoms with Crippen LogP contribution in [0.1, 0.15) is 39.0 Å². The Labute approximate surface area is 113 Å². The summed E-state index contributed by atoms with van der Waals surface area (Å²) in [5.41, 5.74) is 0. The summed E-state index contributed by atoms with van der Waals surface area (Å²) in [7, 11) is 4.44. The molecular weight excluding hydrogens is 222 g/mol. The van der Waals surface area contributed by atoms with E-state index in [0.29, 0.717) is 0 Å². The van der Waals surface area contributed by atoms with E-state index in [0.717, 1.165) is 24.5 Å². The Kier molecular flexibility index (Phi) is 5.46. The summed E-state index contributed by atoms with van der Waals surface area (Å²) >= 11 is 0. The highest BCUT2D eigenvalue weighted by molar-refractivity contribution is 4.86. The molecule has 0 aromatic heterocycles. The predicted octanol–water partition coefficient (Wildman–Crippen LogP) is 1.79. The third kappa shape index (κ3) is 3.69. The van der Waals surface area contributed by atoms with E-state index in [2.05, 4.69) is 36.1 Å². The summed E-state index contributed by atoms with van der Waals surface area (Å²) in [6, 6.07) is 1.61. The first-order valence-electron chi connectivity index (χ1n) is 7.83. The molecule has 3 nitrogen and oxygen atoms in total. The van der Waals surface area contributed by atoms with Crippen molar-refractivity contribution in [3.63, 3.8) is 0 Å². The predicted molar refractivity (Wildman–Crippen MR) is 78.0 cm³/mol. The summed E-state index contributed by atoms with van der Waals surface area (Å²) in [6.45, 7) is 7.30. The second kappa shape index (κ2) is 6.88. The molecule has 3 heteroatoms. The molecule has 1 heterocycles. The van der Waals surface area contributed by atoms with Crippen molar-refractivity contribution in [1.29, 1.82) is 0 Å². The van der Waals surface area contributed by atoms with Crippen LogP contribution in [0.25, 0.3) is 0 Å². The van der Waals surface area contributed by atoms with Crippen molar-refractivity contribution < 1.29 is 0 Å². The summed E-state index contributed by atoms with van der Waals surface area (Å²) in [5.74, 6) is 0.904. The molecule has 0 bridgehead atoms. The Balaban J connectivity index is 1.74. The van der Waals surface area contributed by atoms with Crippen molar-refractivity contribution in [1.82, 2.24) is 15.1 Å². The highest BCUT2D eigenvalue weighted by Crippen LogP contribution is 2.27. The quantitative estimate of drug-likeness (QED) is 0.806. The van der Waals surface area contributed by atoms with Crippen LogP contribution >= 0.6 is 0 Å². The fourth-order valence-corrected chi connectivity index (χ4v) is 3.74. The van der Waals surface area contributed by atoms with Crippen LogP contribution in [0.3, 0.4) is 0 Å². The van der Waals surface area contributed by atoms with Gasteiger partial charge in [0.25, 0.3) is 0 Å². The van der Waals surface area contributed by atoms with Gasteiger partial charge in [-0.05, 0) is 65.3 Å². The maximum atomic E-state index is 3.68. The van der Waals surface area contributed by atoms with Gasteiger partial charge in [0.1, 0.15) is 0 Å². The lowest BCUT2D eigenvalue weighted by Crippen LogP contribution is -2.45. The molecule has 2 fully saturated rings. The smallest absolute Gasteiger partial charge is 0.0113 e. The fourth-order valence-electron chi connectivity index (χ4n) is 3.74. The number of nitrogens with one attached hydrogen (secondary N) is 1. The van der Waals surface area contributed by atoms with E-state index in [1.807, 2.05) is 0 Å². The second-order valence-electron chi connectivity index (χ2n) is 6.35. The van der Waals surface area contributed by atoms with Gasteiger partial charge in [-0.3, -0.25) is 0 Å². The van der Waals surface area contributed by atoms with E-state index in [4.69, 9.17) is 0 Å². The number of piperidine rings is 1. The largest absolute Gasteiger partial charge is 0.314 e. The zero-order valence-corrected chi connectivity index (χ0v) is 12.5. The number of likely N-dealkylation sites (tertiary alicyclic amines) is 1. The third-order valence-corrected chi connectivity index (χ3v) is 4.91. The van der Waals surface area contributed by atoms with Crippen LogP contribution < -0.4 is 5.32 Å².